The number of hydrogen-bond donors (Lipinski definition) is 2. The first kappa shape index (κ1) is 38.3. The Morgan fingerprint density at radius 3 is 1.17 bits per heavy atom. The maximum Gasteiger partial charge on any atom is 0.410 e. The van der Waals surface area contributed by atoms with Gasteiger partial charge in [0.15, 0.2) is 0 Å². The minimum absolute atomic E-state index is 0.0737. The maximum absolute atomic E-state index is 12.1. The standard InChI is InChI=1S/2C18H25NO5/c2*1-18(2,3)24-17(22)19-10-9-14(15(20)11-19)12-5-7-13(8-6-12)16(21)23-4/h2*5-8,14-15,20H,9-11H2,1-4H3/t2*14-,15+/m10/s1. The number of β-amino-alcohol motifs (C(OH)–C–C–N with tert-alkyl or cyclic N) is 2. The van der Waals surface area contributed by atoms with Crippen molar-refractivity contribution < 1.29 is 48.3 Å². The number of aliphatic hydroxyl groups excluding tert-OH is 2. The number of amides is 2. The predicted molar refractivity (Wildman–Crippen MR) is 178 cm³/mol. The summed E-state index contributed by atoms with van der Waals surface area (Å²) in [6.45, 7) is 12.4. The molecule has 48 heavy (non-hydrogen) atoms. The number of esters is 2. The highest BCUT2D eigenvalue weighted by atomic mass is 16.6. The van der Waals surface area contributed by atoms with E-state index in [-0.39, 0.29) is 36.9 Å². The van der Waals surface area contributed by atoms with E-state index in [2.05, 4.69) is 9.47 Å². The maximum atomic E-state index is 12.1. The van der Waals surface area contributed by atoms with Crippen molar-refractivity contribution in [1.29, 1.82) is 0 Å². The minimum atomic E-state index is -0.671. The van der Waals surface area contributed by atoms with Gasteiger partial charge >= 0.3 is 24.1 Å². The normalized spacial score (nSPS) is 21.3. The Kier molecular flexibility index (Phi) is 13.0. The topological polar surface area (TPSA) is 152 Å². The zero-order chi connectivity index (χ0) is 35.8. The highest BCUT2D eigenvalue weighted by Crippen LogP contribution is 2.31. The lowest BCUT2D eigenvalue weighted by Gasteiger charge is -2.36. The van der Waals surface area contributed by atoms with Crippen molar-refractivity contribution in [2.75, 3.05) is 40.4 Å². The number of carbonyl (C=O) groups excluding carboxylic acids is 4. The highest BCUT2D eigenvalue weighted by Gasteiger charge is 2.34. The summed E-state index contributed by atoms with van der Waals surface area (Å²) in [5.41, 5.74) is 1.73. The summed E-state index contributed by atoms with van der Waals surface area (Å²) in [5.74, 6) is -0.922. The number of piperidine rings is 2. The van der Waals surface area contributed by atoms with E-state index in [1.54, 1.807) is 24.3 Å². The van der Waals surface area contributed by atoms with Gasteiger partial charge in [-0.15, -0.1) is 0 Å². The van der Waals surface area contributed by atoms with Crippen LogP contribution in [-0.4, -0.2) is 108 Å². The fourth-order valence-electron chi connectivity index (χ4n) is 5.59. The lowest BCUT2D eigenvalue weighted by molar-refractivity contribution is -0.00194. The number of nitrogens with zero attached hydrogens (tertiary/aromatic N) is 2. The summed E-state index contributed by atoms with van der Waals surface area (Å²) in [4.78, 5) is 50.2. The van der Waals surface area contributed by atoms with Crippen LogP contribution >= 0.6 is 0 Å². The minimum Gasteiger partial charge on any atom is -0.465 e. The number of rotatable bonds is 4. The van der Waals surface area contributed by atoms with E-state index in [9.17, 15) is 29.4 Å². The molecule has 0 saturated carbocycles. The zero-order valence-electron chi connectivity index (χ0n) is 29.2. The van der Waals surface area contributed by atoms with Crippen molar-refractivity contribution in [1.82, 2.24) is 9.80 Å². The Morgan fingerprint density at radius 2 is 0.917 bits per heavy atom. The molecule has 2 amide bonds. The third-order valence-electron chi connectivity index (χ3n) is 7.99. The molecule has 0 aromatic heterocycles. The van der Waals surface area contributed by atoms with Gasteiger partial charge in [-0.05, 0) is 89.8 Å². The first-order chi connectivity index (χ1) is 22.4. The second-order valence-electron chi connectivity index (χ2n) is 14.0. The second kappa shape index (κ2) is 16.3. The smallest absolute Gasteiger partial charge is 0.410 e. The molecular weight excluding hydrogens is 620 g/mol. The van der Waals surface area contributed by atoms with E-state index in [1.165, 1.54) is 24.0 Å². The molecule has 2 aromatic carbocycles. The van der Waals surface area contributed by atoms with Gasteiger partial charge in [0.2, 0.25) is 0 Å². The average molecular weight is 671 g/mol. The van der Waals surface area contributed by atoms with Crippen LogP contribution in [0.25, 0.3) is 0 Å². The summed E-state index contributed by atoms with van der Waals surface area (Å²) in [7, 11) is 2.68. The van der Waals surface area contributed by atoms with Crippen LogP contribution in [0.1, 0.15) is 98.1 Å². The van der Waals surface area contributed by atoms with Gasteiger partial charge in [0, 0.05) is 24.9 Å². The Bertz CT molecular complexity index is 1290. The molecule has 2 aliphatic heterocycles. The molecule has 4 rings (SSSR count). The third kappa shape index (κ3) is 10.9. The molecule has 2 fully saturated rings. The van der Waals surface area contributed by atoms with Crippen LogP contribution in [0.15, 0.2) is 48.5 Å². The third-order valence-corrected chi connectivity index (χ3v) is 7.99. The summed E-state index contributed by atoms with van der Waals surface area (Å²) in [6, 6.07) is 14.0. The molecule has 264 valence electrons. The SMILES string of the molecule is COC(=O)c1ccc([C@@H]2CCN(C(=O)OC(C)(C)C)C[C@H]2O)cc1.COC(=O)c1ccc([C@H]2CCN(C(=O)OC(C)(C)C)C[C@@H]2O)cc1. The van der Waals surface area contributed by atoms with E-state index in [4.69, 9.17) is 9.47 Å². The number of hydrogen-bond acceptors (Lipinski definition) is 10. The monoisotopic (exact) mass is 670 g/mol. The van der Waals surface area contributed by atoms with Crippen LogP contribution < -0.4 is 0 Å². The van der Waals surface area contributed by atoms with Crippen LogP contribution in [0, 0.1) is 0 Å². The second-order valence-corrected chi connectivity index (χ2v) is 14.0. The number of methoxy groups -OCH3 is 2. The molecule has 0 radical (unpaired) electrons. The Morgan fingerprint density at radius 1 is 0.604 bits per heavy atom. The van der Waals surface area contributed by atoms with Gasteiger partial charge in [-0.3, -0.25) is 0 Å². The molecule has 12 heteroatoms. The molecule has 2 saturated heterocycles. The largest absolute Gasteiger partial charge is 0.465 e. The van der Waals surface area contributed by atoms with Crippen LogP contribution in [0.4, 0.5) is 9.59 Å². The first-order valence-electron chi connectivity index (χ1n) is 16.1. The molecule has 2 aliphatic rings. The number of ether oxygens (including phenoxy) is 4. The van der Waals surface area contributed by atoms with Gasteiger partial charge in [-0.1, -0.05) is 24.3 Å². The molecule has 12 nitrogen and oxygen atoms in total. The van der Waals surface area contributed by atoms with Gasteiger partial charge in [0.05, 0.1) is 50.6 Å². The highest BCUT2D eigenvalue weighted by molar-refractivity contribution is 5.89. The predicted octanol–water partition coefficient (Wildman–Crippen LogP) is 5.12. The quantitative estimate of drug-likeness (QED) is 0.331. The molecule has 0 unspecified atom stereocenters. The lowest BCUT2D eigenvalue weighted by Crippen LogP contribution is -2.47. The molecule has 0 spiro atoms. The fourth-order valence-corrected chi connectivity index (χ4v) is 5.59. The molecule has 2 heterocycles. The van der Waals surface area contributed by atoms with Gasteiger partial charge < -0.3 is 39.0 Å². The van der Waals surface area contributed by atoms with E-state index in [0.29, 0.717) is 37.1 Å². The average Bonchev–Trinajstić information content (AvgIpc) is 3.03. The summed E-state index contributed by atoms with van der Waals surface area (Å²) >= 11 is 0. The van der Waals surface area contributed by atoms with E-state index in [1.807, 2.05) is 65.8 Å². The van der Waals surface area contributed by atoms with Crippen molar-refractivity contribution in [2.45, 2.75) is 89.6 Å². The first-order valence-corrected chi connectivity index (χ1v) is 16.1. The van der Waals surface area contributed by atoms with Crippen molar-refractivity contribution >= 4 is 24.1 Å². The fraction of sp³-hybridized carbons (Fsp3) is 0.556. The summed E-state index contributed by atoms with van der Waals surface area (Å²) in [5, 5.41) is 20.8. The van der Waals surface area contributed by atoms with Crippen molar-refractivity contribution in [3.63, 3.8) is 0 Å². The van der Waals surface area contributed by atoms with Gasteiger partial charge in [0.1, 0.15) is 11.2 Å². The Balaban J connectivity index is 0.000000260. The number of aliphatic hydroxyl groups is 2. The van der Waals surface area contributed by atoms with Crippen LogP contribution in [0.2, 0.25) is 0 Å². The molecule has 2 N–H and O–H groups in total. The zero-order valence-corrected chi connectivity index (χ0v) is 29.2. The Hall–Kier alpha value is -4.16. The molecular formula is C36H50N2O10. The van der Waals surface area contributed by atoms with Crippen molar-refractivity contribution in [3.05, 3.63) is 70.8 Å². The number of benzene rings is 2. The molecule has 0 bridgehead atoms. The summed E-state index contributed by atoms with van der Waals surface area (Å²) < 4.78 is 20.0. The van der Waals surface area contributed by atoms with Gasteiger partial charge in [-0.25, -0.2) is 19.2 Å². The molecule has 4 atom stereocenters. The summed E-state index contributed by atoms with van der Waals surface area (Å²) in [6.07, 6.45) is -0.872. The van der Waals surface area contributed by atoms with E-state index < -0.39 is 35.6 Å². The van der Waals surface area contributed by atoms with Crippen LogP contribution in [0.5, 0.6) is 0 Å². The van der Waals surface area contributed by atoms with Gasteiger partial charge in [-0.2, -0.15) is 0 Å². The van der Waals surface area contributed by atoms with Crippen LogP contribution in [0.3, 0.4) is 0 Å². The van der Waals surface area contributed by atoms with E-state index in [0.717, 1.165) is 11.1 Å². The number of carbonyl (C=O) groups is 4. The molecule has 2 aromatic rings. The number of likely N-dealkylation sites (tertiary alicyclic amines) is 2. The van der Waals surface area contributed by atoms with Crippen molar-refractivity contribution in [2.24, 2.45) is 0 Å². The molecule has 0 aliphatic carbocycles. The Labute approximate surface area is 282 Å². The van der Waals surface area contributed by atoms with Crippen LogP contribution in [-0.2, 0) is 18.9 Å². The van der Waals surface area contributed by atoms with E-state index >= 15 is 0 Å². The van der Waals surface area contributed by atoms with Gasteiger partial charge in [0.25, 0.3) is 0 Å². The lowest BCUT2D eigenvalue weighted by atomic mass is 9.87. The van der Waals surface area contributed by atoms with Crippen molar-refractivity contribution in [3.8, 4) is 0 Å².